The van der Waals surface area contributed by atoms with Crippen LogP contribution in [0.4, 0.5) is 5.69 Å². The smallest absolute Gasteiger partial charge is 0.290 e. The number of nitrogens with one attached hydrogen (secondary N) is 2. The standard InChI is InChI=1S/C48H51ClN6O6/c1-47(2)45(48(3,4)46(47)60-34-11-7-32(25-50)37(49)24-34)52-42(57)30-5-9-33(10-6-30)54-21-15-28(16-22-54)26-53-19-17-29(18-20-53)31-8-12-35-36-27-55(38-13-14-40(56)51-43(38)58)44(59)41(36)61-39(35)23-31/h5-12,17,23-24,28,38,45-46H,13-16,18-22,26-27H2,1-4H3,(H,52,57)(H,51,56,58)/t38?,45-,46-. The minimum Gasteiger partial charge on any atom is -0.489 e. The molecule has 4 aliphatic heterocycles. The third-order valence-corrected chi connectivity index (χ3v) is 14.2. The van der Waals surface area contributed by atoms with E-state index in [-0.39, 0.29) is 47.1 Å². The van der Waals surface area contributed by atoms with Crippen molar-refractivity contribution in [2.75, 3.05) is 37.6 Å². The zero-order valence-electron chi connectivity index (χ0n) is 35.1. The molecule has 1 saturated carbocycles. The van der Waals surface area contributed by atoms with Gasteiger partial charge in [0.1, 0.15) is 29.5 Å². The van der Waals surface area contributed by atoms with E-state index in [1.165, 1.54) is 10.5 Å². The molecule has 2 saturated heterocycles. The Labute approximate surface area is 360 Å². The van der Waals surface area contributed by atoms with E-state index in [4.69, 9.17) is 20.8 Å². The number of ether oxygens (including phenoxy) is 1. The molecule has 3 aromatic carbocycles. The van der Waals surface area contributed by atoms with Crippen molar-refractivity contribution in [3.05, 3.63) is 99.8 Å². The van der Waals surface area contributed by atoms with Gasteiger partial charge in [-0.25, -0.2) is 0 Å². The number of nitrogens with zero attached hydrogens (tertiary/aromatic N) is 4. The maximum Gasteiger partial charge on any atom is 0.290 e. The summed E-state index contributed by atoms with van der Waals surface area (Å²) < 4.78 is 12.5. The molecule has 5 heterocycles. The molecule has 13 heteroatoms. The topological polar surface area (TPSA) is 148 Å². The number of furan rings is 1. The van der Waals surface area contributed by atoms with E-state index in [1.807, 2.05) is 24.3 Å². The highest BCUT2D eigenvalue weighted by Gasteiger charge is 2.64. The van der Waals surface area contributed by atoms with Crippen molar-refractivity contribution in [2.45, 2.75) is 84.5 Å². The van der Waals surface area contributed by atoms with Gasteiger partial charge >= 0.3 is 0 Å². The summed E-state index contributed by atoms with van der Waals surface area (Å²) in [6, 6.07) is 20.5. The first-order valence-electron chi connectivity index (χ1n) is 21.4. The fourth-order valence-corrected chi connectivity index (χ4v) is 11.0. The zero-order valence-corrected chi connectivity index (χ0v) is 35.8. The highest BCUT2D eigenvalue weighted by atomic mass is 35.5. The minimum atomic E-state index is -0.662. The monoisotopic (exact) mass is 842 g/mol. The first-order valence-corrected chi connectivity index (χ1v) is 21.7. The number of benzene rings is 3. The summed E-state index contributed by atoms with van der Waals surface area (Å²) >= 11 is 6.26. The van der Waals surface area contributed by atoms with Gasteiger partial charge in [-0.1, -0.05) is 57.5 Å². The molecule has 0 bridgehead atoms. The van der Waals surface area contributed by atoms with Crippen LogP contribution in [0.2, 0.25) is 5.02 Å². The molecular weight excluding hydrogens is 792 g/mol. The van der Waals surface area contributed by atoms with Crippen LogP contribution in [0.25, 0.3) is 16.5 Å². The van der Waals surface area contributed by atoms with Gasteiger partial charge in [-0.15, -0.1) is 0 Å². The van der Waals surface area contributed by atoms with E-state index in [0.29, 0.717) is 52.1 Å². The van der Waals surface area contributed by atoms with Crippen LogP contribution in [0.1, 0.15) is 97.4 Å². The molecule has 5 aliphatic rings. The van der Waals surface area contributed by atoms with Gasteiger partial charge in [0.05, 0.1) is 17.1 Å². The van der Waals surface area contributed by atoms with E-state index >= 15 is 0 Å². The maximum absolute atomic E-state index is 13.5. The molecule has 1 aromatic heterocycles. The molecular formula is C48H51ClN6O6. The third-order valence-electron chi connectivity index (χ3n) is 13.9. The summed E-state index contributed by atoms with van der Waals surface area (Å²) in [6.45, 7) is 13.6. The lowest BCUT2D eigenvalue weighted by Gasteiger charge is -2.63. The van der Waals surface area contributed by atoms with Crippen molar-refractivity contribution >= 4 is 57.5 Å². The Morgan fingerprint density at radius 3 is 2.39 bits per heavy atom. The fraction of sp³-hybridized carbons (Fsp3) is 0.438. The third kappa shape index (κ3) is 7.46. The van der Waals surface area contributed by atoms with E-state index in [2.05, 4.69) is 78.5 Å². The molecule has 2 N–H and O–H groups in total. The highest BCUT2D eigenvalue weighted by Crippen LogP contribution is 2.55. The van der Waals surface area contributed by atoms with E-state index in [0.717, 1.165) is 74.2 Å². The number of imide groups is 1. The van der Waals surface area contributed by atoms with Gasteiger partial charge in [0.2, 0.25) is 11.8 Å². The van der Waals surface area contributed by atoms with Crippen molar-refractivity contribution < 1.29 is 28.3 Å². The number of piperidine rings is 2. The highest BCUT2D eigenvalue weighted by molar-refractivity contribution is 6.31. The van der Waals surface area contributed by atoms with Crippen LogP contribution in [-0.2, 0) is 16.1 Å². The van der Waals surface area contributed by atoms with Crippen LogP contribution >= 0.6 is 11.6 Å². The SMILES string of the molecule is CC1(C)[C@H](NC(=O)c2ccc(N3CCC(CN4CC=C(c5ccc6c7c(oc6c5)C(=O)N(C5CCC(=O)NC5=O)C7)CC4)CC3)cc2)C(C)(C)[C@H]1Oc1ccc(C#N)c(Cl)c1. The van der Waals surface area contributed by atoms with Crippen LogP contribution in [-0.4, -0.2) is 84.3 Å². The summed E-state index contributed by atoms with van der Waals surface area (Å²) in [5.74, 6) is 0.386. The quantitative estimate of drug-likeness (QED) is 0.165. The number of amides is 4. The molecule has 3 fully saturated rings. The fourth-order valence-electron chi connectivity index (χ4n) is 10.8. The molecule has 1 atom stereocenters. The second-order valence-electron chi connectivity index (χ2n) is 18.5. The number of hydrogen-bond acceptors (Lipinski definition) is 9. The molecule has 9 rings (SSSR count). The number of anilines is 1. The molecule has 4 aromatic rings. The Hall–Kier alpha value is -5.64. The van der Waals surface area contributed by atoms with E-state index in [1.54, 1.807) is 18.2 Å². The molecule has 316 valence electrons. The molecule has 1 unspecified atom stereocenters. The molecule has 0 spiro atoms. The first-order chi connectivity index (χ1) is 29.2. The first kappa shape index (κ1) is 40.7. The maximum atomic E-state index is 13.5. The van der Waals surface area contributed by atoms with Gasteiger partial charge in [0.15, 0.2) is 5.76 Å². The van der Waals surface area contributed by atoms with Crippen molar-refractivity contribution in [2.24, 2.45) is 16.7 Å². The lowest BCUT2D eigenvalue weighted by Crippen LogP contribution is -2.74. The minimum absolute atomic E-state index is 0.101. The predicted molar refractivity (Wildman–Crippen MR) is 232 cm³/mol. The second-order valence-corrected chi connectivity index (χ2v) is 18.9. The van der Waals surface area contributed by atoms with E-state index in [9.17, 15) is 24.4 Å². The summed E-state index contributed by atoms with van der Waals surface area (Å²) in [5, 5.41) is 16.1. The summed E-state index contributed by atoms with van der Waals surface area (Å²) in [7, 11) is 0. The van der Waals surface area contributed by atoms with Gasteiger partial charge in [-0.05, 0) is 85.2 Å². The van der Waals surface area contributed by atoms with Gasteiger partial charge < -0.3 is 24.3 Å². The second kappa shape index (κ2) is 15.7. The zero-order chi connectivity index (χ0) is 42.8. The predicted octanol–water partition coefficient (Wildman–Crippen LogP) is 7.34. The number of rotatable bonds is 9. The number of carbonyl (C=O) groups excluding carboxylic acids is 4. The number of fused-ring (bicyclic) bond motifs is 3. The molecule has 61 heavy (non-hydrogen) atoms. The van der Waals surface area contributed by atoms with Gasteiger partial charge in [0, 0.05) is 84.3 Å². The van der Waals surface area contributed by atoms with Gasteiger partial charge in [-0.2, -0.15) is 5.26 Å². The molecule has 0 radical (unpaired) electrons. The van der Waals surface area contributed by atoms with Crippen molar-refractivity contribution in [3.8, 4) is 11.8 Å². The average molecular weight is 843 g/mol. The summed E-state index contributed by atoms with van der Waals surface area (Å²) in [6.07, 6.45) is 5.84. The Balaban J connectivity index is 0.743. The Bertz CT molecular complexity index is 2500. The molecule has 1 aliphatic carbocycles. The Morgan fingerprint density at radius 1 is 0.967 bits per heavy atom. The van der Waals surface area contributed by atoms with Crippen LogP contribution < -0.4 is 20.3 Å². The molecule has 12 nitrogen and oxygen atoms in total. The lowest BCUT2D eigenvalue weighted by molar-refractivity contribution is -0.164. The van der Waals surface area contributed by atoms with Crippen molar-refractivity contribution in [3.63, 3.8) is 0 Å². The Morgan fingerprint density at radius 2 is 1.72 bits per heavy atom. The van der Waals surface area contributed by atoms with Gasteiger partial charge in [0.25, 0.3) is 11.8 Å². The average Bonchev–Trinajstić information content (AvgIpc) is 3.77. The van der Waals surface area contributed by atoms with Crippen LogP contribution in [0.3, 0.4) is 0 Å². The number of carbonyl (C=O) groups is 4. The summed E-state index contributed by atoms with van der Waals surface area (Å²) in [4.78, 5) is 57.3. The lowest BCUT2D eigenvalue weighted by atomic mass is 9.49. The van der Waals surface area contributed by atoms with Crippen LogP contribution in [0.5, 0.6) is 5.75 Å². The molecule has 4 amide bonds. The normalized spacial score (nSPS) is 23.8. The number of hydrogen-bond donors (Lipinski definition) is 2. The van der Waals surface area contributed by atoms with Crippen LogP contribution in [0.15, 0.2) is 71.2 Å². The van der Waals surface area contributed by atoms with Gasteiger partial charge in [-0.3, -0.25) is 29.4 Å². The number of halogens is 1. The largest absolute Gasteiger partial charge is 0.489 e. The Kier molecular flexibility index (Phi) is 10.5. The number of nitriles is 1. The van der Waals surface area contributed by atoms with E-state index < -0.39 is 11.9 Å². The van der Waals surface area contributed by atoms with Crippen molar-refractivity contribution in [1.82, 2.24) is 20.4 Å². The summed E-state index contributed by atoms with van der Waals surface area (Å²) in [5.41, 5.74) is 5.35. The van der Waals surface area contributed by atoms with Crippen LogP contribution in [0, 0.1) is 28.1 Å². The van der Waals surface area contributed by atoms with Crippen molar-refractivity contribution in [1.29, 1.82) is 5.26 Å².